The number of benzene rings is 5. The average Bonchev–Trinajstić information content (AvgIpc) is 2.92. The predicted molar refractivity (Wildman–Crippen MR) is 149 cm³/mol. The predicted octanol–water partition coefficient (Wildman–Crippen LogP) is 9.28. The quantitative estimate of drug-likeness (QED) is 0.197. The van der Waals surface area contributed by atoms with E-state index in [4.69, 9.17) is 13.6 Å². The lowest BCUT2D eigenvalue weighted by Gasteiger charge is -2.23. The Morgan fingerprint density at radius 1 is 0.486 bits per heavy atom. The van der Waals surface area contributed by atoms with Crippen LogP contribution in [0, 0.1) is 13.8 Å². The zero-order valence-electron chi connectivity index (χ0n) is 20.7. The molecule has 4 nitrogen and oxygen atoms in total. The van der Waals surface area contributed by atoms with E-state index in [2.05, 4.69) is 0 Å². The van der Waals surface area contributed by atoms with Crippen LogP contribution in [0.4, 0.5) is 0 Å². The Bertz CT molecular complexity index is 1460. The fraction of sp³-hybridized carbons (Fsp3) is 0.0625. The van der Waals surface area contributed by atoms with Crippen LogP contribution in [-0.2, 0) is 4.57 Å². The Morgan fingerprint density at radius 2 is 0.919 bits per heavy atom. The monoisotopic (exact) mass is 506 g/mol. The van der Waals surface area contributed by atoms with E-state index in [0.29, 0.717) is 17.2 Å². The van der Waals surface area contributed by atoms with Gasteiger partial charge in [-0.25, -0.2) is 0 Å². The number of aryl methyl sites for hydroxylation is 2. The lowest BCUT2D eigenvalue weighted by atomic mass is 10.1. The Hall–Kier alpha value is -4.27. The van der Waals surface area contributed by atoms with Gasteiger partial charge in [0.2, 0.25) is 0 Å². The van der Waals surface area contributed by atoms with E-state index in [0.717, 1.165) is 33.4 Å². The highest BCUT2D eigenvalue weighted by molar-refractivity contribution is 7.49. The van der Waals surface area contributed by atoms with Crippen LogP contribution in [0.1, 0.15) is 11.1 Å². The Morgan fingerprint density at radius 3 is 1.41 bits per heavy atom. The van der Waals surface area contributed by atoms with Crippen molar-refractivity contribution >= 4 is 7.82 Å². The van der Waals surface area contributed by atoms with Gasteiger partial charge < -0.3 is 13.6 Å². The van der Waals surface area contributed by atoms with Gasteiger partial charge >= 0.3 is 7.82 Å². The second-order valence-corrected chi connectivity index (χ2v) is 10.2. The van der Waals surface area contributed by atoms with Gasteiger partial charge in [0, 0.05) is 11.1 Å². The van der Waals surface area contributed by atoms with Crippen LogP contribution in [0.3, 0.4) is 0 Å². The fourth-order valence-electron chi connectivity index (χ4n) is 4.12. The van der Waals surface area contributed by atoms with Gasteiger partial charge in [0.1, 0.15) is 17.2 Å². The maximum Gasteiger partial charge on any atom is 0.647 e. The van der Waals surface area contributed by atoms with E-state index >= 15 is 0 Å². The number of phosphoric acid groups is 1. The molecule has 0 N–H and O–H groups in total. The highest BCUT2D eigenvalue weighted by Gasteiger charge is 2.35. The summed E-state index contributed by atoms with van der Waals surface area (Å²) in [6.45, 7) is 3.90. The summed E-state index contributed by atoms with van der Waals surface area (Å²) < 4.78 is 32.9. The highest BCUT2D eigenvalue weighted by atomic mass is 31.2. The van der Waals surface area contributed by atoms with E-state index in [1.807, 2.05) is 123 Å². The van der Waals surface area contributed by atoms with E-state index in [1.165, 1.54) is 0 Å². The molecule has 0 aliphatic carbocycles. The third-order valence-corrected chi connectivity index (χ3v) is 7.17. The van der Waals surface area contributed by atoms with Gasteiger partial charge in [-0.1, -0.05) is 115 Å². The summed E-state index contributed by atoms with van der Waals surface area (Å²) >= 11 is 0. The molecule has 5 aromatic rings. The molecule has 5 heteroatoms. The molecule has 5 aromatic carbocycles. The van der Waals surface area contributed by atoms with Crippen molar-refractivity contribution in [1.82, 2.24) is 0 Å². The fourth-order valence-corrected chi connectivity index (χ4v) is 5.48. The molecule has 0 aliphatic heterocycles. The van der Waals surface area contributed by atoms with Crippen molar-refractivity contribution in [1.29, 1.82) is 0 Å². The zero-order valence-corrected chi connectivity index (χ0v) is 21.6. The largest absolute Gasteiger partial charge is 0.647 e. The highest BCUT2D eigenvalue weighted by Crippen LogP contribution is 2.53. The molecule has 0 atom stereocenters. The molecule has 184 valence electrons. The number of rotatable bonds is 8. The minimum atomic E-state index is -4.22. The molecule has 0 saturated heterocycles. The summed E-state index contributed by atoms with van der Waals surface area (Å²) in [6, 6.07) is 40.1. The second kappa shape index (κ2) is 10.8. The molecule has 0 aliphatic rings. The maximum absolute atomic E-state index is 14.5. The normalized spacial score (nSPS) is 11.1. The molecule has 0 radical (unpaired) electrons. The summed E-state index contributed by atoms with van der Waals surface area (Å²) in [5.41, 5.74) is 5.34. The first-order valence-corrected chi connectivity index (χ1v) is 13.5. The van der Waals surface area contributed by atoms with Crippen molar-refractivity contribution < 1.29 is 18.1 Å². The molecule has 0 bridgehead atoms. The summed E-state index contributed by atoms with van der Waals surface area (Å²) in [4.78, 5) is 0. The van der Waals surface area contributed by atoms with Crippen LogP contribution in [-0.4, -0.2) is 0 Å². The van der Waals surface area contributed by atoms with Gasteiger partial charge in [-0.15, -0.1) is 0 Å². The molecule has 0 heterocycles. The van der Waals surface area contributed by atoms with Crippen molar-refractivity contribution in [3.63, 3.8) is 0 Å². The van der Waals surface area contributed by atoms with Crippen molar-refractivity contribution in [2.75, 3.05) is 0 Å². The first-order valence-electron chi connectivity index (χ1n) is 12.1. The average molecular weight is 507 g/mol. The SMILES string of the molecule is Cc1ccc(OP(=O)(Oc2ccccc2-c2ccccc2)Oc2ccccc2-c2ccccc2)c(C)c1. The van der Waals surface area contributed by atoms with Crippen molar-refractivity contribution in [3.05, 3.63) is 139 Å². The number of phosphoric ester groups is 1. The summed E-state index contributed by atoms with van der Waals surface area (Å²) in [5.74, 6) is 1.24. The number of hydrogen-bond donors (Lipinski definition) is 0. The molecule has 0 amide bonds. The lowest BCUT2D eigenvalue weighted by molar-refractivity contribution is 0.298. The Kier molecular flexibility index (Phi) is 7.11. The van der Waals surface area contributed by atoms with Crippen molar-refractivity contribution in [2.24, 2.45) is 0 Å². The molecule has 0 saturated carbocycles. The minimum Gasteiger partial charge on any atom is -0.386 e. The molecule has 37 heavy (non-hydrogen) atoms. The van der Waals surface area contributed by atoms with Gasteiger partial charge in [0.05, 0.1) is 0 Å². The number of hydrogen-bond acceptors (Lipinski definition) is 4. The van der Waals surface area contributed by atoms with Crippen LogP contribution in [0.25, 0.3) is 22.3 Å². The first-order chi connectivity index (χ1) is 18.0. The minimum absolute atomic E-state index is 0.402. The maximum atomic E-state index is 14.5. The van der Waals surface area contributed by atoms with Gasteiger partial charge in [0.15, 0.2) is 0 Å². The Labute approximate surface area is 217 Å². The zero-order chi connectivity index (χ0) is 25.7. The Balaban J connectivity index is 1.58. The molecule has 5 rings (SSSR count). The second-order valence-electron chi connectivity index (χ2n) is 8.71. The molecular formula is C32H27O4P. The smallest absolute Gasteiger partial charge is 0.386 e. The van der Waals surface area contributed by atoms with Crippen molar-refractivity contribution in [3.8, 4) is 39.5 Å². The van der Waals surface area contributed by atoms with E-state index < -0.39 is 7.82 Å². The molecule has 0 fully saturated rings. The summed E-state index contributed by atoms with van der Waals surface area (Å²) in [7, 11) is -4.22. The molecular weight excluding hydrogens is 479 g/mol. The van der Waals surface area contributed by atoms with Gasteiger partial charge in [-0.2, -0.15) is 4.57 Å². The first kappa shape index (κ1) is 24.4. The summed E-state index contributed by atoms with van der Waals surface area (Å²) in [6.07, 6.45) is 0. The topological polar surface area (TPSA) is 44.8 Å². The van der Waals surface area contributed by atoms with E-state index in [1.54, 1.807) is 18.2 Å². The van der Waals surface area contributed by atoms with Crippen molar-refractivity contribution in [2.45, 2.75) is 13.8 Å². The standard InChI is InChI=1S/C32H27O4P/c1-24-21-22-30(25(2)23-24)34-37(33,35-31-19-11-9-17-28(31)26-13-5-3-6-14-26)36-32-20-12-10-18-29(32)27-15-7-4-8-16-27/h3-23H,1-2H3. The summed E-state index contributed by atoms with van der Waals surface area (Å²) in [5, 5.41) is 0. The lowest BCUT2D eigenvalue weighted by Crippen LogP contribution is -2.09. The third kappa shape index (κ3) is 5.77. The molecule has 0 aromatic heterocycles. The third-order valence-electron chi connectivity index (χ3n) is 5.90. The molecule has 0 spiro atoms. The van der Waals surface area contributed by atoms with Crippen LogP contribution < -0.4 is 13.6 Å². The van der Waals surface area contributed by atoms with Gasteiger partial charge in [0.25, 0.3) is 0 Å². The van der Waals surface area contributed by atoms with Crippen LogP contribution >= 0.6 is 7.82 Å². The van der Waals surface area contributed by atoms with Gasteiger partial charge in [-0.05, 0) is 48.7 Å². The van der Waals surface area contributed by atoms with E-state index in [9.17, 15) is 4.57 Å². The van der Waals surface area contributed by atoms with Crippen LogP contribution in [0.5, 0.6) is 17.2 Å². The molecule has 0 unspecified atom stereocenters. The number of para-hydroxylation sites is 2. The van der Waals surface area contributed by atoms with Crippen LogP contribution in [0.15, 0.2) is 127 Å². The van der Waals surface area contributed by atoms with Crippen LogP contribution in [0.2, 0.25) is 0 Å². The van der Waals surface area contributed by atoms with E-state index in [-0.39, 0.29) is 0 Å². The van der Waals surface area contributed by atoms with Gasteiger partial charge in [-0.3, -0.25) is 0 Å².